The zero-order valence-corrected chi connectivity index (χ0v) is 13.4. The number of nitrogen functional groups attached to an aromatic ring is 1. The highest BCUT2D eigenvalue weighted by molar-refractivity contribution is 5.77. The van der Waals surface area contributed by atoms with E-state index in [9.17, 15) is 15.2 Å². The number of rotatable bonds is 3. The molecule has 0 saturated carbocycles. The molecule has 2 aromatic carbocycles. The molecule has 124 valence electrons. The van der Waals surface area contributed by atoms with Crippen LogP contribution in [-0.4, -0.2) is 17.2 Å². The number of pyridine rings is 1. The van der Waals surface area contributed by atoms with Crippen LogP contribution in [0.15, 0.2) is 53.3 Å². The first-order chi connectivity index (χ1) is 12.0. The first-order valence-corrected chi connectivity index (χ1v) is 7.44. The summed E-state index contributed by atoms with van der Waals surface area (Å²) >= 11 is 0. The number of nitriles is 1. The number of nitrogens with two attached hydrogens (primary N) is 1. The Morgan fingerprint density at radius 3 is 2.44 bits per heavy atom. The quantitative estimate of drug-likeness (QED) is 0.638. The Labute approximate surface area is 143 Å². The lowest BCUT2D eigenvalue weighted by atomic mass is 9.98. The Morgan fingerprint density at radius 1 is 1.12 bits per heavy atom. The van der Waals surface area contributed by atoms with Crippen LogP contribution in [0, 0.1) is 11.3 Å². The second-order valence-electron chi connectivity index (χ2n) is 5.42. The fraction of sp³-hybridized carbons (Fsp3) is 0.0526. The summed E-state index contributed by atoms with van der Waals surface area (Å²) in [7, 11) is 1.43. The van der Waals surface area contributed by atoms with Gasteiger partial charge in [-0.1, -0.05) is 18.2 Å². The summed E-state index contributed by atoms with van der Waals surface area (Å²) in [5.41, 5.74) is 8.19. The molecule has 1 heterocycles. The molecule has 0 spiro atoms. The summed E-state index contributed by atoms with van der Waals surface area (Å²) in [6, 6.07) is 15.4. The van der Waals surface area contributed by atoms with Crippen molar-refractivity contribution in [1.29, 1.82) is 5.26 Å². The van der Waals surface area contributed by atoms with Gasteiger partial charge in [-0.2, -0.15) is 5.26 Å². The molecule has 4 N–H and O–H groups in total. The average Bonchev–Trinajstić information content (AvgIpc) is 2.62. The van der Waals surface area contributed by atoms with Gasteiger partial charge in [-0.25, -0.2) is 0 Å². The van der Waals surface area contributed by atoms with Gasteiger partial charge in [-0.05, 0) is 41.5 Å². The van der Waals surface area contributed by atoms with Gasteiger partial charge < -0.3 is 20.6 Å². The molecule has 0 radical (unpaired) electrons. The van der Waals surface area contributed by atoms with Gasteiger partial charge in [0.25, 0.3) is 5.56 Å². The van der Waals surface area contributed by atoms with Crippen LogP contribution in [0.25, 0.3) is 22.4 Å². The highest BCUT2D eigenvalue weighted by atomic mass is 16.5. The lowest BCUT2D eigenvalue weighted by Crippen LogP contribution is -2.12. The van der Waals surface area contributed by atoms with Crippen molar-refractivity contribution < 1.29 is 9.84 Å². The maximum atomic E-state index is 12.3. The molecule has 25 heavy (non-hydrogen) atoms. The Morgan fingerprint density at radius 2 is 1.80 bits per heavy atom. The van der Waals surface area contributed by atoms with Crippen molar-refractivity contribution in [3.05, 3.63) is 64.4 Å². The minimum absolute atomic E-state index is 0.00746. The number of phenolic OH excluding ortho intramolecular Hbond substituents is 1. The lowest BCUT2D eigenvalue weighted by Gasteiger charge is -2.10. The third-order valence-electron chi connectivity index (χ3n) is 3.86. The first kappa shape index (κ1) is 16.1. The fourth-order valence-corrected chi connectivity index (χ4v) is 2.56. The van der Waals surface area contributed by atoms with Gasteiger partial charge in [-0.3, -0.25) is 4.79 Å². The Kier molecular flexibility index (Phi) is 4.14. The van der Waals surface area contributed by atoms with Crippen molar-refractivity contribution in [2.24, 2.45) is 0 Å². The van der Waals surface area contributed by atoms with Crippen molar-refractivity contribution in [2.75, 3.05) is 12.8 Å². The van der Waals surface area contributed by atoms with E-state index in [1.165, 1.54) is 13.2 Å². The van der Waals surface area contributed by atoms with Crippen molar-refractivity contribution in [2.45, 2.75) is 0 Å². The van der Waals surface area contributed by atoms with E-state index in [1.807, 2.05) is 6.07 Å². The van der Waals surface area contributed by atoms with E-state index < -0.39 is 5.56 Å². The largest absolute Gasteiger partial charge is 0.504 e. The minimum Gasteiger partial charge on any atom is -0.504 e. The Balaban J connectivity index is 2.23. The molecule has 0 unspecified atom stereocenters. The van der Waals surface area contributed by atoms with Crippen molar-refractivity contribution in [3.63, 3.8) is 0 Å². The molecule has 6 nitrogen and oxygen atoms in total. The van der Waals surface area contributed by atoms with E-state index in [-0.39, 0.29) is 17.1 Å². The maximum Gasteiger partial charge on any atom is 0.266 e. The summed E-state index contributed by atoms with van der Waals surface area (Å²) in [6.07, 6.45) is 0. The second-order valence-corrected chi connectivity index (χ2v) is 5.42. The van der Waals surface area contributed by atoms with Crippen LogP contribution in [0.1, 0.15) is 5.56 Å². The van der Waals surface area contributed by atoms with E-state index in [0.29, 0.717) is 22.5 Å². The summed E-state index contributed by atoms with van der Waals surface area (Å²) in [5.74, 6) is 0.240. The number of methoxy groups -OCH3 is 1. The highest BCUT2D eigenvalue weighted by Gasteiger charge is 2.14. The van der Waals surface area contributed by atoms with Crippen molar-refractivity contribution in [3.8, 4) is 40.0 Å². The van der Waals surface area contributed by atoms with Gasteiger partial charge in [0.2, 0.25) is 0 Å². The number of ether oxygens (including phenoxy) is 1. The molecule has 0 saturated heterocycles. The van der Waals surface area contributed by atoms with Crippen LogP contribution in [0.5, 0.6) is 11.5 Å². The number of hydrogen-bond acceptors (Lipinski definition) is 5. The van der Waals surface area contributed by atoms with Crippen LogP contribution >= 0.6 is 0 Å². The summed E-state index contributed by atoms with van der Waals surface area (Å²) in [6.45, 7) is 0. The smallest absolute Gasteiger partial charge is 0.266 e. The molecule has 0 atom stereocenters. The molecule has 1 aromatic heterocycles. The van der Waals surface area contributed by atoms with E-state index in [0.717, 1.165) is 5.56 Å². The number of aromatic amines is 1. The van der Waals surface area contributed by atoms with Crippen molar-refractivity contribution in [1.82, 2.24) is 4.98 Å². The number of hydrogen-bond donors (Lipinski definition) is 3. The normalized spacial score (nSPS) is 10.2. The molecule has 0 bridgehead atoms. The monoisotopic (exact) mass is 333 g/mol. The standard InChI is InChI=1S/C19H15N3O3/c1-25-18-8-12(4-7-17(18)23)14-9-16(22-19(24)15(14)10-20)11-2-5-13(21)6-3-11/h2-9,23H,21H2,1H3,(H,22,24). The van der Waals surface area contributed by atoms with Gasteiger partial charge in [0.15, 0.2) is 11.5 Å². The van der Waals surface area contributed by atoms with E-state index in [4.69, 9.17) is 10.5 Å². The number of aromatic nitrogens is 1. The van der Waals surface area contributed by atoms with Crippen LogP contribution in [0.3, 0.4) is 0 Å². The number of nitrogens with zero attached hydrogens (tertiary/aromatic N) is 1. The number of benzene rings is 2. The van der Waals surface area contributed by atoms with E-state index in [2.05, 4.69) is 4.98 Å². The van der Waals surface area contributed by atoms with Gasteiger partial charge in [0.1, 0.15) is 11.6 Å². The molecule has 6 heteroatoms. The minimum atomic E-state index is -0.487. The molecule has 3 aromatic rings. The third kappa shape index (κ3) is 3.03. The molecule has 0 fully saturated rings. The van der Waals surface area contributed by atoms with Gasteiger partial charge in [0, 0.05) is 16.9 Å². The average molecular weight is 333 g/mol. The van der Waals surface area contributed by atoms with Crippen LogP contribution < -0.4 is 16.0 Å². The zero-order chi connectivity index (χ0) is 18.0. The SMILES string of the molecule is COc1cc(-c2cc(-c3ccc(N)cc3)[nH]c(=O)c2C#N)ccc1O. The number of anilines is 1. The molecule has 0 aliphatic rings. The molecular weight excluding hydrogens is 318 g/mol. The zero-order valence-electron chi connectivity index (χ0n) is 13.4. The topological polar surface area (TPSA) is 112 Å². The van der Waals surface area contributed by atoms with Crippen LogP contribution in [0.2, 0.25) is 0 Å². The number of H-pyrrole nitrogens is 1. The summed E-state index contributed by atoms with van der Waals surface area (Å²) in [4.78, 5) is 15.1. The Bertz CT molecular complexity index is 1030. The maximum absolute atomic E-state index is 12.3. The van der Waals surface area contributed by atoms with E-state index in [1.54, 1.807) is 42.5 Å². The highest BCUT2D eigenvalue weighted by Crippen LogP contribution is 2.33. The summed E-state index contributed by atoms with van der Waals surface area (Å²) < 4.78 is 5.11. The van der Waals surface area contributed by atoms with Gasteiger partial charge in [0.05, 0.1) is 7.11 Å². The fourth-order valence-electron chi connectivity index (χ4n) is 2.56. The molecule has 0 aliphatic carbocycles. The molecule has 0 amide bonds. The molecular formula is C19H15N3O3. The number of nitrogens with one attached hydrogen (secondary N) is 1. The van der Waals surface area contributed by atoms with Gasteiger partial charge in [-0.15, -0.1) is 0 Å². The first-order valence-electron chi connectivity index (χ1n) is 7.44. The second kappa shape index (κ2) is 6.42. The summed E-state index contributed by atoms with van der Waals surface area (Å²) in [5, 5.41) is 19.1. The van der Waals surface area contributed by atoms with Crippen molar-refractivity contribution >= 4 is 5.69 Å². The third-order valence-corrected chi connectivity index (χ3v) is 3.86. The van der Waals surface area contributed by atoms with E-state index >= 15 is 0 Å². The number of phenols is 1. The predicted molar refractivity (Wildman–Crippen MR) is 95.3 cm³/mol. The van der Waals surface area contributed by atoms with Crippen LogP contribution in [0.4, 0.5) is 5.69 Å². The molecule has 3 rings (SSSR count). The lowest BCUT2D eigenvalue weighted by molar-refractivity contribution is 0.373. The Hall–Kier alpha value is -3.72. The van der Waals surface area contributed by atoms with Crippen LogP contribution in [-0.2, 0) is 0 Å². The predicted octanol–water partition coefficient (Wildman–Crippen LogP) is 2.88. The molecule has 0 aliphatic heterocycles. The van der Waals surface area contributed by atoms with Gasteiger partial charge >= 0.3 is 0 Å². The number of aromatic hydroxyl groups is 1.